The summed E-state index contributed by atoms with van der Waals surface area (Å²) in [6.07, 6.45) is 2.42. The third-order valence-electron chi connectivity index (χ3n) is 4.76. The Morgan fingerprint density at radius 2 is 2.08 bits per heavy atom. The maximum absolute atomic E-state index is 12.5. The fourth-order valence-corrected chi connectivity index (χ4v) is 3.87. The largest absolute Gasteiger partial charge is 0.508 e. The number of aliphatic hydroxyl groups is 1. The second-order valence-electron chi connectivity index (χ2n) is 6.19. The van der Waals surface area contributed by atoms with Gasteiger partial charge in [0.1, 0.15) is 18.4 Å². The van der Waals surface area contributed by atoms with E-state index in [0.717, 1.165) is 0 Å². The van der Waals surface area contributed by atoms with Crippen molar-refractivity contribution >= 4 is 35.0 Å². The van der Waals surface area contributed by atoms with Crippen LogP contribution in [0.3, 0.4) is 0 Å². The minimum atomic E-state index is -0.644. The molecule has 0 saturated carbocycles. The predicted molar refractivity (Wildman–Crippen MR) is 93.5 cm³/mol. The minimum Gasteiger partial charge on any atom is -0.508 e. The Bertz CT molecular complexity index is 765. The van der Waals surface area contributed by atoms with Crippen molar-refractivity contribution in [2.45, 2.75) is 25.3 Å². The Kier molecular flexibility index (Phi) is 4.95. The zero-order chi connectivity index (χ0) is 18.3. The summed E-state index contributed by atoms with van der Waals surface area (Å²) in [4.78, 5) is 27.4. The number of rotatable bonds is 2. The lowest BCUT2D eigenvalue weighted by Gasteiger charge is -2.43. The Labute approximate surface area is 155 Å². The van der Waals surface area contributed by atoms with E-state index in [2.05, 4.69) is 0 Å². The van der Waals surface area contributed by atoms with Crippen LogP contribution in [-0.2, 0) is 9.59 Å². The van der Waals surface area contributed by atoms with Crippen molar-refractivity contribution in [2.75, 3.05) is 19.7 Å². The molecular formula is C17H18Cl2N2O4. The number of carbonyl (C=O) groups excluding carboxylic acids is 2. The molecule has 2 heterocycles. The topological polar surface area (TPSA) is 81.1 Å². The molecule has 25 heavy (non-hydrogen) atoms. The van der Waals surface area contributed by atoms with E-state index in [-0.39, 0.29) is 29.1 Å². The van der Waals surface area contributed by atoms with Gasteiger partial charge in [0.05, 0.1) is 16.6 Å². The van der Waals surface area contributed by atoms with E-state index in [9.17, 15) is 14.7 Å². The van der Waals surface area contributed by atoms with Crippen molar-refractivity contribution in [3.05, 3.63) is 39.5 Å². The highest BCUT2D eigenvalue weighted by Crippen LogP contribution is 2.42. The lowest BCUT2D eigenvalue weighted by atomic mass is 9.89. The number of amides is 2. The third kappa shape index (κ3) is 3.10. The molecule has 134 valence electrons. The molecule has 2 atom stereocenters. The molecule has 2 N–H and O–H groups in total. The summed E-state index contributed by atoms with van der Waals surface area (Å²) in [5, 5.41) is 19.9. The number of carbonyl (C=O) groups is 2. The number of piperazine rings is 1. The molecule has 0 unspecified atom stereocenters. The number of allylic oxidation sites excluding steroid dienone is 1. The number of halogens is 2. The van der Waals surface area contributed by atoms with Crippen LogP contribution < -0.4 is 0 Å². The lowest BCUT2D eigenvalue weighted by Crippen LogP contribution is -2.57. The molecule has 0 radical (unpaired) electrons. The fraction of sp³-hybridized carbons (Fsp3) is 0.412. The molecule has 0 aliphatic carbocycles. The van der Waals surface area contributed by atoms with Crippen LogP contribution in [0.2, 0.25) is 10.0 Å². The van der Waals surface area contributed by atoms with Crippen molar-refractivity contribution in [1.82, 2.24) is 9.80 Å². The monoisotopic (exact) mass is 384 g/mol. The first-order chi connectivity index (χ1) is 11.8. The average molecular weight is 385 g/mol. The quantitative estimate of drug-likeness (QED) is 0.817. The van der Waals surface area contributed by atoms with Crippen LogP contribution >= 0.6 is 23.2 Å². The molecule has 2 aliphatic rings. The molecule has 6 nitrogen and oxygen atoms in total. The Balaban J connectivity index is 1.98. The summed E-state index contributed by atoms with van der Waals surface area (Å²) < 4.78 is 0. The molecule has 1 aromatic rings. The van der Waals surface area contributed by atoms with E-state index in [4.69, 9.17) is 28.3 Å². The summed E-state index contributed by atoms with van der Waals surface area (Å²) >= 11 is 12.3. The van der Waals surface area contributed by atoms with Crippen LogP contribution in [0.15, 0.2) is 23.9 Å². The Morgan fingerprint density at radius 1 is 1.36 bits per heavy atom. The van der Waals surface area contributed by atoms with Gasteiger partial charge in [0, 0.05) is 23.7 Å². The van der Waals surface area contributed by atoms with Gasteiger partial charge in [0.25, 0.3) is 0 Å². The molecule has 0 aromatic heterocycles. The van der Waals surface area contributed by atoms with Crippen LogP contribution in [0, 0.1) is 0 Å². The molecule has 0 bridgehead atoms. The number of hydrogen-bond donors (Lipinski definition) is 2. The first-order valence-electron chi connectivity index (χ1n) is 7.94. The highest BCUT2D eigenvalue weighted by atomic mass is 35.5. The highest BCUT2D eigenvalue weighted by Gasteiger charge is 2.39. The van der Waals surface area contributed by atoms with Gasteiger partial charge in [-0.2, -0.15) is 0 Å². The summed E-state index contributed by atoms with van der Waals surface area (Å²) in [5.74, 6) is -0.848. The Morgan fingerprint density at radius 3 is 2.76 bits per heavy atom. The predicted octanol–water partition coefficient (Wildman–Crippen LogP) is 2.12. The van der Waals surface area contributed by atoms with E-state index in [0.29, 0.717) is 29.2 Å². The maximum Gasteiger partial charge on any atom is 0.249 e. The molecular weight excluding hydrogens is 367 g/mol. The van der Waals surface area contributed by atoms with E-state index >= 15 is 0 Å². The molecule has 3 rings (SSSR count). The molecule has 8 heteroatoms. The van der Waals surface area contributed by atoms with Gasteiger partial charge in [-0.25, -0.2) is 0 Å². The van der Waals surface area contributed by atoms with Crippen LogP contribution in [-0.4, -0.2) is 57.6 Å². The van der Waals surface area contributed by atoms with Crippen LogP contribution in [0.4, 0.5) is 0 Å². The molecule has 0 spiro atoms. The molecule has 2 amide bonds. The summed E-state index contributed by atoms with van der Waals surface area (Å²) in [6, 6.07) is 2.40. The summed E-state index contributed by atoms with van der Waals surface area (Å²) in [7, 11) is 0. The van der Waals surface area contributed by atoms with Gasteiger partial charge in [0.15, 0.2) is 0 Å². The van der Waals surface area contributed by atoms with Crippen molar-refractivity contribution in [3.8, 4) is 5.75 Å². The van der Waals surface area contributed by atoms with Gasteiger partial charge >= 0.3 is 0 Å². The van der Waals surface area contributed by atoms with E-state index in [1.165, 1.54) is 17.0 Å². The van der Waals surface area contributed by atoms with Crippen LogP contribution in [0.25, 0.3) is 0 Å². The lowest BCUT2D eigenvalue weighted by molar-refractivity contribution is -0.149. The second kappa shape index (κ2) is 6.86. The van der Waals surface area contributed by atoms with Crippen molar-refractivity contribution in [2.24, 2.45) is 0 Å². The normalized spacial score (nSPS) is 23.4. The fourth-order valence-electron chi connectivity index (χ4n) is 3.41. The van der Waals surface area contributed by atoms with Crippen molar-refractivity contribution in [1.29, 1.82) is 0 Å². The van der Waals surface area contributed by atoms with Gasteiger partial charge in [0.2, 0.25) is 11.8 Å². The smallest absolute Gasteiger partial charge is 0.249 e. The first-order valence-corrected chi connectivity index (χ1v) is 8.70. The second-order valence-corrected chi connectivity index (χ2v) is 6.98. The molecule has 1 saturated heterocycles. The summed E-state index contributed by atoms with van der Waals surface area (Å²) in [6.45, 7) is 1.69. The number of phenolic OH excluding ortho intramolecular Hbond substituents is 1. The van der Waals surface area contributed by atoms with Crippen LogP contribution in [0.5, 0.6) is 5.75 Å². The first kappa shape index (κ1) is 18.0. The van der Waals surface area contributed by atoms with E-state index < -0.39 is 18.6 Å². The van der Waals surface area contributed by atoms with Gasteiger partial charge in [-0.3, -0.25) is 9.59 Å². The summed E-state index contributed by atoms with van der Waals surface area (Å²) in [5.41, 5.74) is 1.18. The average Bonchev–Trinajstić information content (AvgIpc) is 2.61. The van der Waals surface area contributed by atoms with Gasteiger partial charge in [-0.15, -0.1) is 0 Å². The standard InChI is InChI=1S/C17H18Cl2N2O4/c1-9-17(25)20-5-4-10(6-11(20)7-21(9)14(24)8-22)15-13(23)3-2-12(18)16(15)19/h2-3,6,9-10,22-23H,4-5,7-8H2,1H3/t9-,10-/m1/s1. The van der Waals surface area contributed by atoms with E-state index in [1.807, 2.05) is 6.08 Å². The highest BCUT2D eigenvalue weighted by molar-refractivity contribution is 6.42. The number of hydrogen-bond acceptors (Lipinski definition) is 4. The SMILES string of the molecule is C[C@@H]1C(=O)N2CC[C@@H](c3c(O)ccc(Cl)c3Cl)C=C2CN1C(=O)CO. The molecule has 2 aliphatic heterocycles. The molecule has 1 aromatic carbocycles. The van der Waals surface area contributed by atoms with Crippen molar-refractivity contribution < 1.29 is 19.8 Å². The zero-order valence-electron chi connectivity index (χ0n) is 13.6. The number of nitrogens with zero attached hydrogens (tertiary/aromatic N) is 2. The van der Waals surface area contributed by atoms with Gasteiger partial charge < -0.3 is 20.0 Å². The van der Waals surface area contributed by atoms with E-state index in [1.54, 1.807) is 11.8 Å². The van der Waals surface area contributed by atoms with Gasteiger partial charge in [-0.1, -0.05) is 29.3 Å². The third-order valence-corrected chi connectivity index (χ3v) is 5.58. The van der Waals surface area contributed by atoms with Crippen LogP contribution in [0.1, 0.15) is 24.8 Å². The number of phenols is 1. The number of fused-ring (bicyclic) bond motifs is 1. The Hall–Kier alpha value is -1.76. The minimum absolute atomic E-state index is 0.0449. The number of aromatic hydroxyl groups is 1. The maximum atomic E-state index is 12.5. The molecule has 1 fully saturated rings. The van der Waals surface area contributed by atoms with Gasteiger partial charge in [-0.05, 0) is 25.5 Å². The number of benzene rings is 1. The van der Waals surface area contributed by atoms with Crippen molar-refractivity contribution in [3.63, 3.8) is 0 Å². The number of aliphatic hydroxyl groups excluding tert-OH is 1. The zero-order valence-corrected chi connectivity index (χ0v) is 15.1.